The van der Waals surface area contributed by atoms with Crippen LogP contribution in [0.15, 0.2) is 70.3 Å². The standard InChI is InChI=1S/C18H12BrN5O2/c19-12-8-14(18(26)21-9-12)23-17(25)13-10-22-24-15(6-7-20-16(13)24)11-4-2-1-3-5-11/h1-10H,(H,21,26)(H,23,25). The number of carbonyl (C=O) groups excluding carboxylic acids is 1. The van der Waals surface area contributed by atoms with E-state index >= 15 is 0 Å². The van der Waals surface area contributed by atoms with E-state index in [1.54, 1.807) is 10.7 Å². The third-order valence-electron chi connectivity index (χ3n) is 3.83. The lowest BCUT2D eigenvalue weighted by molar-refractivity contribution is 0.102. The Balaban J connectivity index is 1.75. The van der Waals surface area contributed by atoms with Crippen LogP contribution in [-0.2, 0) is 0 Å². The highest BCUT2D eigenvalue weighted by molar-refractivity contribution is 9.10. The average molecular weight is 410 g/mol. The van der Waals surface area contributed by atoms with Crippen LogP contribution in [0.25, 0.3) is 16.9 Å². The van der Waals surface area contributed by atoms with Crippen molar-refractivity contribution in [1.82, 2.24) is 19.6 Å². The van der Waals surface area contributed by atoms with Gasteiger partial charge in [0.25, 0.3) is 11.5 Å². The molecule has 0 fully saturated rings. The van der Waals surface area contributed by atoms with Crippen molar-refractivity contribution in [1.29, 1.82) is 0 Å². The predicted molar refractivity (Wildman–Crippen MR) is 101 cm³/mol. The summed E-state index contributed by atoms with van der Waals surface area (Å²) in [6.07, 6.45) is 4.57. The molecule has 4 aromatic rings. The molecule has 4 rings (SSSR count). The van der Waals surface area contributed by atoms with Gasteiger partial charge in [0, 0.05) is 22.4 Å². The second kappa shape index (κ2) is 6.57. The van der Waals surface area contributed by atoms with E-state index in [0.29, 0.717) is 10.1 Å². The van der Waals surface area contributed by atoms with Crippen LogP contribution >= 0.6 is 15.9 Å². The molecule has 0 radical (unpaired) electrons. The molecule has 0 spiro atoms. The van der Waals surface area contributed by atoms with Gasteiger partial charge in [0.2, 0.25) is 0 Å². The highest BCUT2D eigenvalue weighted by Gasteiger charge is 2.17. The fourth-order valence-electron chi connectivity index (χ4n) is 2.62. The van der Waals surface area contributed by atoms with Gasteiger partial charge in [-0.25, -0.2) is 9.50 Å². The maximum atomic E-state index is 12.6. The lowest BCUT2D eigenvalue weighted by Crippen LogP contribution is -2.19. The van der Waals surface area contributed by atoms with Crippen molar-refractivity contribution >= 4 is 33.2 Å². The van der Waals surface area contributed by atoms with Crippen LogP contribution in [0.1, 0.15) is 10.4 Å². The number of nitrogens with zero attached hydrogens (tertiary/aromatic N) is 3. The maximum Gasteiger partial charge on any atom is 0.271 e. The van der Waals surface area contributed by atoms with Crippen LogP contribution in [0, 0.1) is 0 Å². The van der Waals surface area contributed by atoms with Crippen LogP contribution in [0.2, 0.25) is 0 Å². The number of aromatic amines is 1. The molecule has 0 bridgehead atoms. The average Bonchev–Trinajstić information content (AvgIpc) is 3.10. The number of carbonyl (C=O) groups is 1. The van der Waals surface area contributed by atoms with Crippen LogP contribution in [0.4, 0.5) is 5.69 Å². The van der Waals surface area contributed by atoms with Gasteiger partial charge in [-0.05, 0) is 28.1 Å². The van der Waals surface area contributed by atoms with E-state index in [9.17, 15) is 9.59 Å². The molecule has 8 heteroatoms. The van der Waals surface area contributed by atoms with Crippen molar-refractivity contribution < 1.29 is 4.79 Å². The Bertz CT molecular complexity index is 1170. The Kier molecular flexibility index (Phi) is 4.10. The first-order valence-electron chi connectivity index (χ1n) is 7.71. The number of nitrogens with one attached hydrogen (secondary N) is 2. The van der Waals surface area contributed by atoms with E-state index < -0.39 is 11.5 Å². The third kappa shape index (κ3) is 2.91. The molecule has 128 valence electrons. The quantitative estimate of drug-likeness (QED) is 0.543. The Morgan fingerprint density at radius 3 is 2.81 bits per heavy atom. The summed E-state index contributed by atoms with van der Waals surface area (Å²) in [5.41, 5.74) is 2.21. The summed E-state index contributed by atoms with van der Waals surface area (Å²) in [6, 6.07) is 13.1. The number of benzene rings is 1. The normalized spacial score (nSPS) is 10.8. The van der Waals surface area contributed by atoms with E-state index in [4.69, 9.17) is 0 Å². The summed E-state index contributed by atoms with van der Waals surface area (Å²) in [4.78, 5) is 31.3. The highest BCUT2D eigenvalue weighted by Crippen LogP contribution is 2.21. The minimum absolute atomic E-state index is 0.142. The summed E-state index contributed by atoms with van der Waals surface area (Å²) in [5, 5.41) is 6.89. The molecule has 2 N–H and O–H groups in total. The van der Waals surface area contributed by atoms with Crippen molar-refractivity contribution in [3.8, 4) is 11.3 Å². The highest BCUT2D eigenvalue weighted by atomic mass is 79.9. The minimum atomic E-state index is -0.457. The molecule has 0 saturated heterocycles. The van der Waals surface area contributed by atoms with Crippen molar-refractivity contribution in [3.05, 3.63) is 81.4 Å². The Morgan fingerprint density at radius 1 is 1.19 bits per heavy atom. The zero-order valence-corrected chi connectivity index (χ0v) is 14.9. The number of hydrogen-bond acceptors (Lipinski definition) is 4. The summed E-state index contributed by atoms with van der Waals surface area (Å²) in [5.74, 6) is -0.457. The Labute approximate surface area is 155 Å². The Hall–Kier alpha value is -3.26. The number of amides is 1. The topological polar surface area (TPSA) is 92.1 Å². The van der Waals surface area contributed by atoms with Crippen molar-refractivity contribution in [2.24, 2.45) is 0 Å². The molecule has 0 atom stereocenters. The first-order chi connectivity index (χ1) is 12.6. The number of aromatic nitrogens is 4. The molecular weight excluding hydrogens is 398 g/mol. The summed E-state index contributed by atoms with van der Waals surface area (Å²) in [6.45, 7) is 0. The molecule has 1 aromatic carbocycles. The number of anilines is 1. The van der Waals surface area contributed by atoms with Gasteiger partial charge in [0.1, 0.15) is 11.3 Å². The minimum Gasteiger partial charge on any atom is -0.326 e. The summed E-state index contributed by atoms with van der Waals surface area (Å²) < 4.78 is 2.26. The second-order valence-corrected chi connectivity index (χ2v) is 6.42. The zero-order chi connectivity index (χ0) is 18.1. The van der Waals surface area contributed by atoms with Crippen molar-refractivity contribution in [2.75, 3.05) is 5.32 Å². The van der Waals surface area contributed by atoms with Gasteiger partial charge < -0.3 is 10.3 Å². The van der Waals surface area contributed by atoms with Gasteiger partial charge in [0.15, 0.2) is 5.65 Å². The van der Waals surface area contributed by atoms with Gasteiger partial charge in [-0.15, -0.1) is 0 Å². The van der Waals surface area contributed by atoms with Gasteiger partial charge >= 0.3 is 0 Å². The molecule has 0 aliphatic heterocycles. The molecular formula is C18H12BrN5O2. The van der Waals surface area contributed by atoms with E-state index in [-0.39, 0.29) is 11.3 Å². The monoisotopic (exact) mass is 409 g/mol. The summed E-state index contributed by atoms with van der Waals surface area (Å²) >= 11 is 3.26. The number of pyridine rings is 1. The number of fused-ring (bicyclic) bond motifs is 1. The van der Waals surface area contributed by atoms with E-state index in [1.807, 2.05) is 36.4 Å². The summed E-state index contributed by atoms with van der Waals surface area (Å²) in [7, 11) is 0. The largest absolute Gasteiger partial charge is 0.326 e. The van der Waals surface area contributed by atoms with Crippen LogP contribution in [-0.4, -0.2) is 25.5 Å². The molecule has 0 unspecified atom stereocenters. The molecule has 3 heterocycles. The molecule has 1 amide bonds. The first-order valence-corrected chi connectivity index (χ1v) is 8.50. The molecule has 0 saturated carbocycles. The SMILES string of the molecule is O=C(Nc1cc(Br)c[nH]c1=O)c1cnn2c(-c3ccccc3)ccnc12. The molecule has 0 aliphatic rings. The second-order valence-electron chi connectivity index (χ2n) is 5.50. The number of H-pyrrole nitrogens is 1. The first kappa shape index (κ1) is 16.2. The van der Waals surface area contributed by atoms with E-state index in [2.05, 4.69) is 36.3 Å². The molecule has 0 aliphatic carbocycles. The fourth-order valence-corrected chi connectivity index (χ4v) is 2.96. The van der Waals surface area contributed by atoms with Crippen molar-refractivity contribution in [2.45, 2.75) is 0 Å². The van der Waals surface area contributed by atoms with Crippen LogP contribution < -0.4 is 10.9 Å². The fraction of sp³-hybridized carbons (Fsp3) is 0. The van der Waals surface area contributed by atoms with Crippen LogP contribution in [0.5, 0.6) is 0 Å². The number of hydrogen-bond donors (Lipinski definition) is 2. The van der Waals surface area contributed by atoms with Gasteiger partial charge in [-0.2, -0.15) is 5.10 Å². The van der Waals surface area contributed by atoms with E-state index in [0.717, 1.165) is 11.3 Å². The van der Waals surface area contributed by atoms with Crippen molar-refractivity contribution in [3.63, 3.8) is 0 Å². The van der Waals surface area contributed by atoms with Crippen LogP contribution in [0.3, 0.4) is 0 Å². The zero-order valence-electron chi connectivity index (χ0n) is 13.3. The van der Waals surface area contributed by atoms with E-state index in [1.165, 1.54) is 18.5 Å². The van der Waals surface area contributed by atoms with Gasteiger partial charge in [-0.3, -0.25) is 9.59 Å². The molecule has 26 heavy (non-hydrogen) atoms. The smallest absolute Gasteiger partial charge is 0.271 e. The lowest BCUT2D eigenvalue weighted by atomic mass is 10.1. The predicted octanol–water partition coefficient (Wildman–Crippen LogP) is 3.10. The molecule has 7 nitrogen and oxygen atoms in total. The molecule has 3 aromatic heterocycles. The van der Waals surface area contributed by atoms with Gasteiger partial charge in [0.05, 0.1) is 11.9 Å². The maximum absolute atomic E-state index is 12.6. The van der Waals surface area contributed by atoms with Gasteiger partial charge in [-0.1, -0.05) is 30.3 Å². The number of halogens is 1. The Morgan fingerprint density at radius 2 is 2.00 bits per heavy atom. The number of rotatable bonds is 3. The lowest BCUT2D eigenvalue weighted by Gasteiger charge is -2.05. The third-order valence-corrected chi connectivity index (χ3v) is 4.29.